The fourth-order valence-corrected chi connectivity index (χ4v) is 3.37. The van der Waals surface area contributed by atoms with Crippen molar-refractivity contribution in [2.45, 2.75) is 38.2 Å². The Balaban J connectivity index is 1.76. The van der Waals surface area contributed by atoms with Gasteiger partial charge < -0.3 is 5.32 Å². The van der Waals surface area contributed by atoms with Crippen LogP contribution in [0.15, 0.2) is 30.3 Å². The van der Waals surface area contributed by atoms with Crippen molar-refractivity contribution < 1.29 is 4.79 Å². The van der Waals surface area contributed by atoms with Crippen LogP contribution in [0.2, 0.25) is 0 Å². The molecule has 0 bridgehead atoms. The summed E-state index contributed by atoms with van der Waals surface area (Å²) in [5.41, 5.74) is 4.70. The van der Waals surface area contributed by atoms with Crippen LogP contribution < -0.4 is 5.32 Å². The first-order valence-corrected chi connectivity index (χ1v) is 8.96. The van der Waals surface area contributed by atoms with E-state index >= 15 is 0 Å². The molecule has 0 spiro atoms. The van der Waals surface area contributed by atoms with Crippen LogP contribution >= 0.6 is 11.8 Å². The molecule has 0 aliphatic heterocycles. The van der Waals surface area contributed by atoms with Crippen molar-refractivity contribution in [1.29, 1.82) is 0 Å². The molecule has 2 rings (SSSR count). The Kier molecular flexibility index (Phi) is 6.28. The van der Waals surface area contributed by atoms with E-state index in [1.807, 2.05) is 43.8 Å². The van der Waals surface area contributed by atoms with Gasteiger partial charge in [-0.3, -0.25) is 9.48 Å². The van der Waals surface area contributed by atoms with E-state index in [0.29, 0.717) is 6.54 Å². The summed E-state index contributed by atoms with van der Waals surface area (Å²) >= 11 is 1.67. The van der Waals surface area contributed by atoms with Crippen LogP contribution in [0.1, 0.15) is 29.4 Å². The number of benzene rings is 1. The van der Waals surface area contributed by atoms with Gasteiger partial charge in [0, 0.05) is 25.0 Å². The van der Waals surface area contributed by atoms with E-state index in [1.165, 1.54) is 16.8 Å². The Morgan fingerprint density at radius 3 is 2.61 bits per heavy atom. The van der Waals surface area contributed by atoms with Crippen molar-refractivity contribution in [1.82, 2.24) is 15.1 Å². The lowest BCUT2D eigenvalue weighted by Crippen LogP contribution is -2.32. The number of aromatic nitrogens is 2. The summed E-state index contributed by atoms with van der Waals surface area (Å²) < 4.78 is 1.89. The molecule has 0 aliphatic carbocycles. The molecule has 1 N–H and O–H groups in total. The second-order valence-electron chi connectivity index (χ2n) is 5.75. The maximum Gasteiger partial charge on any atom is 0.232 e. The van der Waals surface area contributed by atoms with Gasteiger partial charge in [-0.1, -0.05) is 30.3 Å². The average Bonchev–Trinajstić information content (AvgIpc) is 2.79. The van der Waals surface area contributed by atoms with Crippen LogP contribution in [0.25, 0.3) is 0 Å². The lowest BCUT2D eigenvalue weighted by Gasteiger charge is -2.12. The number of thioether (sulfide) groups is 1. The van der Waals surface area contributed by atoms with Gasteiger partial charge >= 0.3 is 0 Å². The van der Waals surface area contributed by atoms with Gasteiger partial charge in [-0.2, -0.15) is 5.10 Å². The first kappa shape index (κ1) is 17.6. The molecule has 0 saturated heterocycles. The average molecular weight is 331 g/mol. The molecular weight excluding hydrogens is 306 g/mol. The predicted octanol–water partition coefficient (Wildman–Crippen LogP) is 3.02. The van der Waals surface area contributed by atoms with E-state index in [4.69, 9.17) is 0 Å². The van der Waals surface area contributed by atoms with Gasteiger partial charge in [-0.05, 0) is 38.3 Å². The van der Waals surface area contributed by atoms with Crippen LogP contribution in [0.4, 0.5) is 0 Å². The normalized spacial score (nSPS) is 12.2. The monoisotopic (exact) mass is 331 g/mol. The number of amides is 1. The van der Waals surface area contributed by atoms with Crippen LogP contribution in [0.3, 0.4) is 0 Å². The minimum Gasteiger partial charge on any atom is -0.355 e. The smallest absolute Gasteiger partial charge is 0.232 e. The summed E-state index contributed by atoms with van der Waals surface area (Å²) in [6, 6.07) is 10.2. The summed E-state index contributed by atoms with van der Waals surface area (Å²) in [6.45, 7) is 6.70. The Morgan fingerprint density at radius 1 is 1.30 bits per heavy atom. The fraction of sp³-hybridized carbons (Fsp3) is 0.444. The Bertz CT molecular complexity index is 652. The summed E-state index contributed by atoms with van der Waals surface area (Å²) in [5.74, 6) is 0.959. The number of nitrogens with one attached hydrogen (secondary N) is 1. The number of aryl methyl sites for hydroxylation is 2. The van der Waals surface area contributed by atoms with E-state index in [0.717, 1.165) is 17.9 Å². The lowest BCUT2D eigenvalue weighted by molar-refractivity contribution is -0.120. The van der Waals surface area contributed by atoms with Gasteiger partial charge in [-0.25, -0.2) is 0 Å². The first-order chi connectivity index (χ1) is 11.0. The number of nitrogens with zero attached hydrogens (tertiary/aromatic N) is 2. The highest BCUT2D eigenvalue weighted by atomic mass is 32.2. The van der Waals surface area contributed by atoms with Crippen molar-refractivity contribution in [3.05, 3.63) is 52.8 Å². The zero-order chi connectivity index (χ0) is 16.8. The van der Waals surface area contributed by atoms with Crippen molar-refractivity contribution >= 4 is 17.7 Å². The van der Waals surface area contributed by atoms with Gasteiger partial charge in [-0.15, -0.1) is 11.8 Å². The van der Waals surface area contributed by atoms with Crippen LogP contribution in [-0.4, -0.2) is 27.5 Å². The second kappa shape index (κ2) is 8.20. The third-order valence-electron chi connectivity index (χ3n) is 4.05. The molecule has 0 aliphatic rings. The molecular formula is C18H25N3OS. The quantitative estimate of drug-likeness (QED) is 0.848. The molecule has 0 radical (unpaired) electrons. The molecule has 1 aromatic carbocycles. The molecule has 5 heteroatoms. The minimum atomic E-state index is -0.0497. The molecule has 4 nitrogen and oxygen atoms in total. The zero-order valence-corrected chi connectivity index (χ0v) is 15.1. The molecule has 0 saturated carbocycles. The van der Waals surface area contributed by atoms with Gasteiger partial charge in [0.25, 0.3) is 0 Å². The summed E-state index contributed by atoms with van der Waals surface area (Å²) in [5, 5.41) is 7.39. The minimum absolute atomic E-state index is 0.0497. The second-order valence-corrected chi connectivity index (χ2v) is 7.08. The van der Waals surface area contributed by atoms with Crippen LogP contribution in [0, 0.1) is 13.8 Å². The maximum absolute atomic E-state index is 12.2. The number of carbonyl (C=O) groups is 1. The number of hydrogen-bond donors (Lipinski definition) is 1. The van der Waals surface area contributed by atoms with Crippen molar-refractivity contribution in [2.24, 2.45) is 7.05 Å². The van der Waals surface area contributed by atoms with E-state index < -0.39 is 0 Å². The molecule has 1 atom stereocenters. The van der Waals surface area contributed by atoms with Crippen molar-refractivity contribution in [3.63, 3.8) is 0 Å². The molecule has 0 fully saturated rings. The number of carbonyl (C=O) groups excluding carboxylic acids is 1. The lowest BCUT2D eigenvalue weighted by atomic mass is 10.1. The largest absolute Gasteiger partial charge is 0.355 e. The van der Waals surface area contributed by atoms with Crippen LogP contribution in [0.5, 0.6) is 0 Å². The zero-order valence-electron chi connectivity index (χ0n) is 14.3. The molecule has 124 valence electrons. The highest BCUT2D eigenvalue weighted by molar-refractivity contribution is 7.99. The molecule has 1 amide bonds. The molecule has 2 aromatic rings. The molecule has 23 heavy (non-hydrogen) atoms. The first-order valence-electron chi connectivity index (χ1n) is 7.91. The molecule has 0 unspecified atom stereocenters. The predicted molar refractivity (Wildman–Crippen MR) is 96.6 cm³/mol. The summed E-state index contributed by atoms with van der Waals surface area (Å²) in [6.07, 6.45) is 0.827. The fourth-order valence-electron chi connectivity index (χ4n) is 2.50. The number of hydrogen-bond acceptors (Lipinski definition) is 3. The van der Waals surface area contributed by atoms with Crippen molar-refractivity contribution in [2.75, 3.05) is 6.54 Å². The number of rotatable bonds is 7. The Morgan fingerprint density at radius 2 is 2.00 bits per heavy atom. The van der Waals surface area contributed by atoms with Crippen molar-refractivity contribution in [3.8, 4) is 0 Å². The van der Waals surface area contributed by atoms with E-state index in [1.54, 1.807) is 11.8 Å². The third-order valence-corrected chi connectivity index (χ3v) is 5.26. The Labute approximate surface area is 142 Å². The van der Waals surface area contributed by atoms with Gasteiger partial charge in [0.15, 0.2) is 0 Å². The van der Waals surface area contributed by atoms with E-state index in [2.05, 4.69) is 29.5 Å². The third kappa shape index (κ3) is 4.86. The topological polar surface area (TPSA) is 46.9 Å². The van der Waals surface area contributed by atoms with Gasteiger partial charge in [0.1, 0.15) is 0 Å². The van der Waals surface area contributed by atoms with Crippen LogP contribution in [-0.2, 0) is 24.0 Å². The summed E-state index contributed by atoms with van der Waals surface area (Å²) in [7, 11) is 1.95. The maximum atomic E-state index is 12.2. The molecule has 1 heterocycles. The highest BCUT2D eigenvalue weighted by Gasteiger charge is 2.14. The summed E-state index contributed by atoms with van der Waals surface area (Å²) in [4.78, 5) is 12.2. The standard InChI is InChI=1S/C18H25N3OS/c1-13-17(14(2)21(4)20-13)10-11-19-18(22)15(3)23-12-16-8-6-5-7-9-16/h5-9,15H,10-12H2,1-4H3,(H,19,22)/t15-/m1/s1. The Hall–Kier alpha value is -1.75. The molecule has 1 aromatic heterocycles. The highest BCUT2D eigenvalue weighted by Crippen LogP contribution is 2.17. The van der Waals surface area contributed by atoms with E-state index in [-0.39, 0.29) is 11.2 Å². The SMILES string of the molecule is Cc1nn(C)c(C)c1CCNC(=O)[C@@H](C)SCc1ccccc1. The van der Waals surface area contributed by atoms with Gasteiger partial charge in [0.05, 0.1) is 10.9 Å². The van der Waals surface area contributed by atoms with Gasteiger partial charge in [0.2, 0.25) is 5.91 Å². The van der Waals surface area contributed by atoms with E-state index in [9.17, 15) is 4.79 Å².